The first-order chi connectivity index (χ1) is 9.72. The van der Waals surface area contributed by atoms with Crippen LogP contribution in [0.3, 0.4) is 0 Å². The molecule has 0 saturated heterocycles. The van der Waals surface area contributed by atoms with E-state index in [1.165, 1.54) is 6.20 Å². The Labute approximate surface area is 129 Å². The minimum Gasteiger partial charge on any atom is -0.321 e. The number of para-hydroxylation sites is 2. The van der Waals surface area contributed by atoms with E-state index in [4.69, 9.17) is 0 Å². The highest BCUT2D eigenvalue weighted by Crippen LogP contribution is 2.13. The van der Waals surface area contributed by atoms with Crippen molar-refractivity contribution in [2.75, 3.05) is 5.32 Å². The summed E-state index contributed by atoms with van der Waals surface area (Å²) in [6, 6.07) is 15.0. The van der Waals surface area contributed by atoms with Crippen molar-refractivity contribution in [2.24, 2.45) is 0 Å². The fraction of sp³-hybridized carbons (Fsp3) is 0. The highest BCUT2D eigenvalue weighted by molar-refractivity contribution is 14.1. The zero-order valence-corrected chi connectivity index (χ0v) is 12.5. The minimum atomic E-state index is -0.260. The summed E-state index contributed by atoms with van der Waals surface area (Å²) >= 11 is 2.22. The average Bonchev–Trinajstić information content (AvgIpc) is 2.49. The summed E-state index contributed by atoms with van der Waals surface area (Å²) in [5.74, 6) is -0.260. The van der Waals surface area contributed by atoms with Gasteiger partial charge in [-0.2, -0.15) is 0 Å². The molecule has 0 saturated carbocycles. The van der Waals surface area contributed by atoms with Crippen LogP contribution in [0.2, 0.25) is 0 Å². The van der Waals surface area contributed by atoms with Gasteiger partial charge in [0.25, 0.3) is 5.91 Å². The third-order valence-electron chi connectivity index (χ3n) is 2.78. The fourth-order valence-corrected chi connectivity index (χ4v) is 2.15. The molecule has 1 aromatic heterocycles. The van der Waals surface area contributed by atoms with Crippen LogP contribution in [0.1, 0.15) is 10.5 Å². The van der Waals surface area contributed by atoms with E-state index in [1.807, 2.05) is 48.5 Å². The summed E-state index contributed by atoms with van der Waals surface area (Å²) in [6.45, 7) is 0. The van der Waals surface area contributed by atoms with Gasteiger partial charge in [0.15, 0.2) is 0 Å². The zero-order valence-electron chi connectivity index (χ0n) is 10.4. The zero-order chi connectivity index (χ0) is 13.9. The number of rotatable bonds is 2. The van der Waals surface area contributed by atoms with E-state index in [0.717, 1.165) is 14.8 Å². The number of hydrogen-bond donors (Lipinski definition) is 1. The first-order valence-electron chi connectivity index (χ1n) is 6.01. The predicted molar refractivity (Wildman–Crippen MR) is 86.7 cm³/mol. The quantitative estimate of drug-likeness (QED) is 0.698. The number of anilines is 1. The Hall–Kier alpha value is -2.02. The second-order valence-corrected chi connectivity index (χ2v) is 5.45. The molecule has 0 unspecified atom stereocenters. The molecule has 0 fully saturated rings. The number of hydrogen-bond acceptors (Lipinski definition) is 3. The molecule has 1 amide bonds. The molecule has 0 aliphatic heterocycles. The molecule has 3 rings (SSSR count). The lowest BCUT2D eigenvalue weighted by Gasteiger charge is -2.05. The van der Waals surface area contributed by atoms with Gasteiger partial charge in [-0.05, 0) is 59.0 Å². The Kier molecular flexibility index (Phi) is 3.60. The van der Waals surface area contributed by atoms with Gasteiger partial charge < -0.3 is 5.32 Å². The first kappa shape index (κ1) is 13.0. The van der Waals surface area contributed by atoms with Gasteiger partial charge in [-0.3, -0.25) is 9.78 Å². The Bertz CT molecular complexity index is 771. The highest BCUT2D eigenvalue weighted by Gasteiger charge is 2.09. The van der Waals surface area contributed by atoms with E-state index >= 15 is 0 Å². The van der Waals surface area contributed by atoms with Crippen molar-refractivity contribution in [3.05, 3.63) is 64.0 Å². The maximum atomic E-state index is 12.1. The van der Waals surface area contributed by atoms with Gasteiger partial charge in [0.1, 0.15) is 5.69 Å². The topological polar surface area (TPSA) is 54.9 Å². The molecule has 98 valence electrons. The van der Waals surface area contributed by atoms with Crippen molar-refractivity contribution in [1.29, 1.82) is 0 Å². The maximum absolute atomic E-state index is 12.1. The molecule has 0 radical (unpaired) electrons. The smallest absolute Gasteiger partial charge is 0.275 e. The van der Waals surface area contributed by atoms with Crippen molar-refractivity contribution in [3.63, 3.8) is 0 Å². The van der Waals surface area contributed by atoms with E-state index in [9.17, 15) is 4.79 Å². The van der Waals surface area contributed by atoms with Gasteiger partial charge in [-0.25, -0.2) is 4.98 Å². The van der Waals surface area contributed by atoms with Crippen molar-refractivity contribution in [2.45, 2.75) is 0 Å². The highest BCUT2D eigenvalue weighted by atomic mass is 127. The van der Waals surface area contributed by atoms with Crippen LogP contribution in [0.4, 0.5) is 5.69 Å². The van der Waals surface area contributed by atoms with Gasteiger partial charge in [-0.1, -0.05) is 12.1 Å². The van der Waals surface area contributed by atoms with Crippen LogP contribution in [0, 0.1) is 3.57 Å². The Balaban J connectivity index is 1.86. The van der Waals surface area contributed by atoms with Gasteiger partial charge in [0.2, 0.25) is 0 Å². The third kappa shape index (κ3) is 2.77. The van der Waals surface area contributed by atoms with Crippen molar-refractivity contribution >= 4 is 45.2 Å². The molecule has 5 heteroatoms. The van der Waals surface area contributed by atoms with Crippen LogP contribution < -0.4 is 5.32 Å². The van der Waals surface area contributed by atoms with Crippen LogP contribution in [0.15, 0.2) is 54.7 Å². The van der Waals surface area contributed by atoms with Gasteiger partial charge in [0, 0.05) is 9.26 Å². The van der Waals surface area contributed by atoms with Crippen molar-refractivity contribution < 1.29 is 4.79 Å². The molecular weight excluding hydrogens is 365 g/mol. The summed E-state index contributed by atoms with van der Waals surface area (Å²) in [5, 5.41) is 2.81. The van der Waals surface area contributed by atoms with Gasteiger partial charge >= 0.3 is 0 Å². The summed E-state index contributed by atoms with van der Waals surface area (Å²) in [7, 11) is 0. The first-order valence-corrected chi connectivity index (χ1v) is 7.09. The van der Waals surface area contributed by atoms with Crippen LogP contribution >= 0.6 is 22.6 Å². The SMILES string of the molecule is O=C(Nc1ccc(I)cc1)c1cnc2ccccc2n1. The molecular formula is C15H10IN3O. The maximum Gasteiger partial charge on any atom is 0.275 e. The number of aromatic nitrogens is 2. The number of carbonyl (C=O) groups is 1. The molecule has 0 aliphatic carbocycles. The van der Waals surface area contributed by atoms with Crippen LogP contribution in [-0.4, -0.2) is 15.9 Å². The Morgan fingerprint density at radius 3 is 2.45 bits per heavy atom. The van der Waals surface area contributed by atoms with Crippen LogP contribution in [0.5, 0.6) is 0 Å². The van der Waals surface area contributed by atoms with E-state index in [0.29, 0.717) is 11.2 Å². The molecule has 4 nitrogen and oxygen atoms in total. The minimum absolute atomic E-state index is 0.260. The molecule has 3 aromatic rings. The van der Waals surface area contributed by atoms with Crippen LogP contribution in [-0.2, 0) is 0 Å². The van der Waals surface area contributed by atoms with E-state index < -0.39 is 0 Å². The van der Waals surface area contributed by atoms with Crippen molar-refractivity contribution in [3.8, 4) is 0 Å². The summed E-state index contributed by atoms with van der Waals surface area (Å²) in [4.78, 5) is 20.7. The fourth-order valence-electron chi connectivity index (χ4n) is 1.79. The third-order valence-corrected chi connectivity index (χ3v) is 3.50. The number of nitrogens with zero attached hydrogens (tertiary/aromatic N) is 2. The molecule has 20 heavy (non-hydrogen) atoms. The molecule has 0 spiro atoms. The van der Waals surface area contributed by atoms with E-state index in [-0.39, 0.29) is 5.91 Å². The normalized spacial score (nSPS) is 10.4. The number of fused-ring (bicyclic) bond motifs is 1. The number of amides is 1. The number of benzene rings is 2. The molecule has 0 aliphatic rings. The summed E-state index contributed by atoms with van der Waals surface area (Å²) in [5.41, 5.74) is 2.54. The van der Waals surface area contributed by atoms with Gasteiger partial charge in [0.05, 0.1) is 17.2 Å². The Morgan fingerprint density at radius 2 is 1.70 bits per heavy atom. The Morgan fingerprint density at radius 1 is 1.00 bits per heavy atom. The molecule has 1 heterocycles. The lowest BCUT2D eigenvalue weighted by Crippen LogP contribution is -2.14. The largest absolute Gasteiger partial charge is 0.321 e. The predicted octanol–water partition coefficient (Wildman–Crippen LogP) is 3.49. The lowest BCUT2D eigenvalue weighted by molar-refractivity contribution is 0.102. The van der Waals surface area contributed by atoms with E-state index in [1.54, 1.807) is 0 Å². The lowest BCUT2D eigenvalue weighted by atomic mass is 10.3. The monoisotopic (exact) mass is 375 g/mol. The molecule has 2 aromatic carbocycles. The summed E-state index contributed by atoms with van der Waals surface area (Å²) < 4.78 is 1.12. The molecule has 0 bridgehead atoms. The average molecular weight is 375 g/mol. The molecule has 0 atom stereocenters. The standard InChI is InChI=1S/C15H10IN3O/c16-10-5-7-11(8-6-10)18-15(20)14-9-17-12-3-1-2-4-13(12)19-14/h1-9H,(H,18,20). The number of carbonyl (C=O) groups excluding carboxylic acids is 1. The number of halogens is 1. The van der Waals surface area contributed by atoms with Crippen LogP contribution in [0.25, 0.3) is 11.0 Å². The second kappa shape index (κ2) is 5.54. The van der Waals surface area contributed by atoms with Crippen molar-refractivity contribution in [1.82, 2.24) is 9.97 Å². The summed E-state index contributed by atoms with van der Waals surface area (Å²) in [6.07, 6.45) is 1.49. The second-order valence-electron chi connectivity index (χ2n) is 4.20. The molecule has 1 N–H and O–H groups in total. The van der Waals surface area contributed by atoms with Gasteiger partial charge in [-0.15, -0.1) is 0 Å². The number of nitrogens with one attached hydrogen (secondary N) is 1. The van der Waals surface area contributed by atoms with E-state index in [2.05, 4.69) is 37.9 Å².